The Hall–Kier alpha value is -1.28. The van der Waals surface area contributed by atoms with Gasteiger partial charge in [-0.1, -0.05) is 0 Å². The molecule has 0 bridgehead atoms. The molecule has 1 fully saturated rings. The van der Waals surface area contributed by atoms with Crippen molar-refractivity contribution >= 4 is 11.9 Å². The van der Waals surface area contributed by atoms with Crippen molar-refractivity contribution in [3.8, 4) is 0 Å². The van der Waals surface area contributed by atoms with Crippen LogP contribution in [0.3, 0.4) is 0 Å². The molecule has 0 saturated carbocycles. The molecule has 1 saturated heterocycles. The molecular weight excluding hydrogens is 286 g/mol. The second-order valence-electron chi connectivity index (χ2n) is 6.41. The van der Waals surface area contributed by atoms with Crippen molar-refractivity contribution in [1.82, 2.24) is 4.90 Å². The second-order valence-corrected chi connectivity index (χ2v) is 6.41. The van der Waals surface area contributed by atoms with Crippen LogP contribution in [-0.2, 0) is 14.3 Å². The number of alkyl halides is 2. The molecule has 0 aromatic heterocycles. The minimum atomic E-state index is -2.75. The first-order chi connectivity index (χ1) is 9.36. The maximum absolute atomic E-state index is 13.1. The van der Waals surface area contributed by atoms with Gasteiger partial charge in [-0.2, -0.15) is 0 Å². The number of hydrogen-bond donors (Lipinski definition) is 2. The van der Waals surface area contributed by atoms with Crippen LogP contribution < -0.4 is 5.73 Å². The summed E-state index contributed by atoms with van der Waals surface area (Å²) in [5.41, 5.74) is 2.54. The minimum absolute atomic E-state index is 0.0119. The summed E-state index contributed by atoms with van der Waals surface area (Å²) in [4.78, 5) is 24.8. The highest BCUT2D eigenvalue weighted by Gasteiger charge is 2.48. The maximum atomic E-state index is 13.1. The van der Waals surface area contributed by atoms with Gasteiger partial charge in [0.25, 0.3) is 5.92 Å². The molecule has 122 valence electrons. The van der Waals surface area contributed by atoms with E-state index in [2.05, 4.69) is 0 Å². The fourth-order valence-corrected chi connectivity index (χ4v) is 1.98. The van der Waals surface area contributed by atoms with Gasteiger partial charge in [-0.05, 0) is 20.8 Å². The summed E-state index contributed by atoms with van der Waals surface area (Å²) in [6.07, 6.45) is -0.756. The van der Waals surface area contributed by atoms with Crippen molar-refractivity contribution < 1.29 is 28.2 Å². The Bertz CT molecular complexity index is 413. The molecule has 1 aliphatic heterocycles. The summed E-state index contributed by atoms with van der Waals surface area (Å²) in [6.45, 7) is 4.40. The van der Waals surface area contributed by atoms with E-state index in [1.807, 2.05) is 0 Å². The van der Waals surface area contributed by atoms with Crippen molar-refractivity contribution in [3.63, 3.8) is 0 Å². The van der Waals surface area contributed by atoms with Crippen LogP contribution in [0.5, 0.6) is 0 Å². The van der Waals surface area contributed by atoms with Gasteiger partial charge in [-0.15, -0.1) is 0 Å². The third-order valence-corrected chi connectivity index (χ3v) is 3.21. The number of esters is 1. The molecule has 0 spiro atoms. The number of hydrogen-bond acceptors (Lipinski definition) is 5. The minimum Gasteiger partial charge on any atom is -0.479 e. The van der Waals surface area contributed by atoms with E-state index in [9.17, 15) is 23.5 Å². The Morgan fingerprint density at radius 3 is 2.14 bits per heavy atom. The van der Waals surface area contributed by atoms with Crippen molar-refractivity contribution in [2.24, 2.45) is 5.73 Å². The summed E-state index contributed by atoms with van der Waals surface area (Å²) < 4.78 is 31.2. The molecule has 0 radical (unpaired) electrons. The van der Waals surface area contributed by atoms with Gasteiger partial charge < -0.3 is 15.6 Å². The average Bonchev–Trinajstić information content (AvgIpc) is 2.29. The molecular formula is C13H22F2N2O4. The summed E-state index contributed by atoms with van der Waals surface area (Å²) in [5, 5.41) is 9.23. The molecule has 1 aliphatic rings. The smallest absolute Gasteiger partial charge is 0.339 e. The van der Waals surface area contributed by atoms with Crippen molar-refractivity contribution in [2.75, 3.05) is 19.6 Å². The number of aliphatic carboxylic acids is 1. The number of halogens is 2. The molecule has 0 aromatic rings. The van der Waals surface area contributed by atoms with Crippen LogP contribution in [0.15, 0.2) is 0 Å². The highest BCUT2D eigenvalue weighted by molar-refractivity contribution is 6.04. The normalized spacial score (nSPS) is 22.4. The van der Waals surface area contributed by atoms with E-state index in [0.717, 1.165) is 0 Å². The fourth-order valence-electron chi connectivity index (χ4n) is 1.98. The summed E-state index contributed by atoms with van der Waals surface area (Å²) in [7, 11) is 0. The number of carbonyl (C=O) groups is 2. The molecule has 6 nitrogen and oxygen atoms in total. The Labute approximate surface area is 122 Å². The first-order valence-electron chi connectivity index (χ1n) is 6.72. The molecule has 1 heterocycles. The third kappa shape index (κ3) is 4.89. The lowest BCUT2D eigenvalue weighted by Gasteiger charge is -2.36. The first kappa shape index (κ1) is 17.8. The van der Waals surface area contributed by atoms with Gasteiger partial charge in [0.1, 0.15) is 5.60 Å². The first-order valence-corrected chi connectivity index (χ1v) is 6.72. The van der Waals surface area contributed by atoms with Gasteiger partial charge in [0.2, 0.25) is 5.54 Å². The lowest BCUT2D eigenvalue weighted by atomic mass is 9.97. The van der Waals surface area contributed by atoms with Crippen LogP contribution in [0.2, 0.25) is 0 Å². The van der Waals surface area contributed by atoms with Crippen molar-refractivity contribution in [2.45, 2.75) is 50.7 Å². The zero-order valence-electron chi connectivity index (χ0n) is 12.5. The number of piperidine rings is 1. The zero-order valence-corrected chi connectivity index (χ0v) is 12.5. The van der Waals surface area contributed by atoms with E-state index >= 15 is 0 Å². The number of rotatable bonds is 4. The Morgan fingerprint density at radius 2 is 1.76 bits per heavy atom. The maximum Gasteiger partial charge on any atom is 0.339 e. The van der Waals surface area contributed by atoms with E-state index in [1.54, 1.807) is 20.8 Å². The number of likely N-dealkylation sites (tertiary alicyclic amines) is 1. The van der Waals surface area contributed by atoms with E-state index in [-0.39, 0.29) is 32.5 Å². The fraction of sp³-hybridized carbons (Fsp3) is 0.846. The molecule has 1 atom stereocenters. The lowest BCUT2D eigenvalue weighted by molar-refractivity contribution is -0.170. The monoisotopic (exact) mass is 308 g/mol. The highest BCUT2D eigenvalue weighted by atomic mass is 19.3. The molecule has 21 heavy (non-hydrogen) atoms. The number of nitrogens with zero attached hydrogens (tertiary/aromatic N) is 1. The standard InChI is InChI=1S/C13H22F2N2O4/c1-11(2,3)21-10(20)13(16,9(18)19)8-17-6-4-12(14,15)5-7-17/h4-8,16H2,1-3H3,(H,18,19). The Morgan fingerprint density at radius 1 is 1.29 bits per heavy atom. The number of carboxylic acids is 1. The predicted molar refractivity (Wildman–Crippen MR) is 71.0 cm³/mol. The molecule has 0 aliphatic carbocycles. The average molecular weight is 308 g/mol. The van der Waals surface area contributed by atoms with Crippen LogP contribution in [0.1, 0.15) is 33.6 Å². The summed E-state index contributed by atoms with van der Waals surface area (Å²) in [6, 6.07) is 0. The van der Waals surface area contributed by atoms with Crippen molar-refractivity contribution in [3.05, 3.63) is 0 Å². The predicted octanol–water partition coefficient (Wildman–Crippen LogP) is 0.841. The topological polar surface area (TPSA) is 92.9 Å². The van der Waals surface area contributed by atoms with Crippen LogP contribution in [0.25, 0.3) is 0 Å². The van der Waals surface area contributed by atoms with E-state index in [4.69, 9.17) is 10.5 Å². The molecule has 0 aromatic carbocycles. The quantitative estimate of drug-likeness (QED) is 0.590. The van der Waals surface area contributed by atoms with Gasteiger partial charge in [-0.3, -0.25) is 4.90 Å². The van der Waals surface area contributed by atoms with E-state index in [1.165, 1.54) is 4.90 Å². The molecule has 0 amide bonds. The SMILES string of the molecule is CC(C)(C)OC(=O)C(N)(CN1CCC(F)(F)CC1)C(=O)O. The molecule has 3 N–H and O–H groups in total. The van der Waals surface area contributed by atoms with Crippen LogP contribution in [-0.4, -0.2) is 58.6 Å². The highest BCUT2D eigenvalue weighted by Crippen LogP contribution is 2.28. The van der Waals surface area contributed by atoms with E-state index < -0.39 is 29.0 Å². The van der Waals surface area contributed by atoms with Gasteiger partial charge in [0, 0.05) is 32.5 Å². The van der Waals surface area contributed by atoms with Gasteiger partial charge >= 0.3 is 11.9 Å². The van der Waals surface area contributed by atoms with Crippen LogP contribution in [0.4, 0.5) is 8.78 Å². The van der Waals surface area contributed by atoms with Gasteiger partial charge in [0.15, 0.2) is 0 Å². The number of ether oxygens (including phenoxy) is 1. The lowest BCUT2D eigenvalue weighted by Crippen LogP contribution is -2.64. The zero-order chi connectivity index (χ0) is 16.5. The van der Waals surface area contributed by atoms with Crippen LogP contribution in [0, 0.1) is 0 Å². The Kier molecular flexibility index (Phi) is 4.94. The summed E-state index contributed by atoms with van der Waals surface area (Å²) in [5.74, 6) is -5.35. The van der Waals surface area contributed by atoms with Gasteiger partial charge in [-0.25, -0.2) is 18.4 Å². The van der Waals surface area contributed by atoms with E-state index in [0.29, 0.717) is 0 Å². The number of carbonyl (C=O) groups excluding carboxylic acids is 1. The number of carboxylic acid groups (broad SMARTS) is 1. The van der Waals surface area contributed by atoms with Gasteiger partial charge in [0.05, 0.1) is 0 Å². The second kappa shape index (κ2) is 5.84. The third-order valence-electron chi connectivity index (χ3n) is 3.21. The number of nitrogens with two attached hydrogens (primary N) is 1. The van der Waals surface area contributed by atoms with Crippen LogP contribution >= 0.6 is 0 Å². The Balaban J connectivity index is 2.78. The molecule has 1 rings (SSSR count). The summed E-state index contributed by atoms with van der Waals surface area (Å²) >= 11 is 0. The van der Waals surface area contributed by atoms with Crippen molar-refractivity contribution in [1.29, 1.82) is 0 Å². The molecule has 8 heteroatoms. The largest absolute Gasteiger partial charge is 0.479 e. The molecule has 1 unspecified atom stereocenters.